The van der Waals surface area contributed by atoms with E-state index in [-0.39, 0.29) is 31.4 Å². The third-order valence-corrected chi connectivity index (χ3v) is 9.65. The number of methoxy groups -OCH3 is 1. The molecule has 1 saturated carbocycles. The monoisotopic (exact) mass is 653 g/mol. The van der Waals surface area contributed by atoms with Crippen LogP contribution in [0.15, 0.2) is 53.4 Å². The molecule has 1 amide bonds. The fourth-order valence-corrected chi connectivity index (χ4v) is 7.29. The van der Waals surface area contributed by atoms with Crippen LogP contribution in [0.2, 0.25) is 0 Å². The fourth-order valence-electron chi connectivity index (χ4n) is 5.86. The van der Waals surface area contributed by atoms with E-state index in [4.69, 9.17) is 4.74 Å². The third-order valence-electron chi connectivity index (χ3n) is 8.22. The van der Waals surface area contributed by atoms with Gasteiger partial charge in [-0.2, -0.15) is 26.3 Å². The zero-order valence-electron chi connectivity index (χ0n) is 23.1. The lowest BCUT2D eigenvalue weighted by molar-refractivity contribution is -0.348. The number of aliphatic carboxylic acids is 1. The lowest BCUT2D eigenvalue weighted by Gasteiger charge is -2.33. The maximum atomic E-state index is 14.7. The predicted octanol–water partition coefficient (Wildman–Crippen LogP) is 6.77. The van der Waals surface area contributed by atoms with Gasteiger partial charge in [0.2, 0.25) is 5.91 Å². The van der Waals surface area contributed by atoms with E-state index in [2.05, 4.69) is 0 Å². The molecule has 6 nitrogen and oxygen atoms in total. The van der Waals surface area contributed by atoms with Gasteiger partial charge in [-0.3, -0.25) is 9.59 Å². The molecule has 0 radical (unpaired) electrons. The minimum atomic E-state index is -6.33. The van der Waals surface area contributed by atoms with Crippen LogP contribution in [0, 0.1) is 17.7 Å². The smallest absolute Gasteiger partial charge is 0.435 e. The molecule has 0 spiro atoms. The van der Waals surface area contributed by atoms with Gasteiger partial charge in [-0.25, -0.2) is 13.6 Å². The van der Waals surface area contributed by atoms with Crippen molar-refractivity contribution in [2.75, 3.05) is 13.7 Å². The Labute approximate surface area is 250 Å². The largest absolute Gasteiger partial charge is 0.480 e. The highest BCUT2D eigenvalue weighted by atomic mass is 32.2. The first-order chi connectivity index (χ1) is 20.4. The molecule has 44 heavy (non-hydrogen) atoms. The first kappa shape index (κ1) is 33.5. The number of thioether (sulfide) groups is 1. The molecule has 1 aliphatic carbocycles. The van der Waals surface area contributed by atoms with Crippen molar-refractivity contribution in [1.82, 2.24) is 4.90 Å². The normalized spacial score (nSPS) is 24.7. The third kappa shape index (κ3) is 6.24. The summed E-state index contributed by atoms with van der Waals surface area (Å²) in [4.78, 5) is 39.4. The summed E-state index contributed by atoms with van der Waals surface area (Å²) in [6.45, 7) is -0.319. The summed E-state index contributed by atoms with van der Waals surface area (Å²) in [5, 5.41) is 10.1. The van der Waals surface area contributed by atoms with E-state index < -0.39 is 69.9 Å². The molecular formula is C29H27F8NO5S. The van der Waals surface area contributed by atoms with Crippen molar-refractivity contribution in [1.29, 1.82) is 0 Å². The van der Waals surface area contributed by atoms with Gasteiger partial charge in [0.25, 0.3) is 0 Å². The second-order valence-corrected chi connectivity index (χ2v) is 12.3. The van der Waals surface area contributed by atoms with Crippen LogP contribution < -0.4 is 0 Å². The molecule has 0 bridgehead atoms. The summed E-state index contributed by atoms with van der Waals surface area (Å²) < 4.78 is 112. The average Bonchev–Trinajstić information content (AvgIpc) is 3.37. The zero-order valence-corrected chi connectivity index (χ0v) is 23.9. The van der Waals surface area contributed by atoms with Crippen LogP contribution in [0.5, 0.6) is 0 Å². The zero-order chi connectivity index (χ0) is 32.7. The number of carboxylic acid groups (broad SMARTS) is 1. The number of carboxylic acids is 1. The quantitative estimate of drug-likeness (QED) is 0.263. The Bertz CT molecular complexity index is 1360. The van der Waals surface area contributed by atoms with Crippen molar-refractivity contribution in [2.45, 2.75) is 65.8 Å². The summed E-state index contributed by atoms with van der Waals surface area (Å²) in [7, 11) is 1.24. The van der Waals surface area contributed by atoms with Gasteiger partial charge in [0.15, 0.2) is 0 Å². The first-order valence-electron chi connectivity index (χ1n) is 13.4. The van der Waals surface area contributed by atoms with E-state index in [1.807, 2.05) is 0 Å². The summed E-state index contributed by atoms with van der Waals surface area (Å²) in [5.41, 5.74) is -7.34. The molecule has 1 N–H and O–H groups in total. The van der Waals surface area contributed by atoms with E-state index in [1.165, 1.54) is 19.2 Å². The molecule has 240 valence electrons. The van der Waals surface area contributed by atoms with Gasteiger partial charge < -0.3 is 14.7 Å². The van der Waals surface area contributed by atoms with Gasteiger partial charge in [0, 0.05) is 22.9 Å². The second kappa shape index (κ2) is 12.2. The lowest BCUT2D eigenvalue weighted by atomic mass is 9.81. The van der Waals surface area contributed by atoms with Gasteiger partial charge in [-0.15, -0.1) is 11.8 Å². The van der Waals surface area contributed by atoms with Crippen LogP contribution in [-0.4, -0.2) is 59.9 Å². The van der Waals surface area contributed by atoms with Crippen molar-refractivity contribution >= 4 is 29.6 Å². The van der Waals surface area contributed by atoms with E-state index in [9.17, 15) is 54.6 Å². The summed E-state index contributed by atoms with van der Waals surface area (Å²) >= 11 is 0.958. The number of nitrogens with zero attached hydrogens (tertiary/aromatic N) is 1. The molecule has 1 aliphatic heterocycles. The number of carbonyl (C=O) groups is 3. The van der Waals surface area contributed by atoms with Crippen molar-refractivity contribution in [3.63, 3.8) is 0 Å². The number of rotatable bonds is 7. The van der Waals surface area contributed by atoms with Crippen molar-refractivity contribution in [3.8, 4) is 0 Å². The molecular weight excluding hydrogens is 626 g/mol. The Morgan fingerprint density at radius 2 is 1.39 bits per heavy atom. The molecule has 2 atom stereocenters. The van der Waals surface area contributed by atoms with E-state index in [0.29, 0.717) is 29.9 Å². The highest BCUT2D eigenvalue weighted by molar-refractivity contribution is 8.00. The molecule has 0 unspecified atom stereocenters. The number of benzene rings is 2. The standard InChI is InChI=1S/C29H27F8NO5S/c1-43-25(42)17-4-2-16(3-5-17)23(39)38-15-26(14-22(38)24(40)41,44-21-12-10-20(30)11-13-21)18-6-8-19(9-7-18)27(31,28(32,33)34)29(35,36)37/h6-13,16-17,22H,2-5,14-15H2,1H3,(H,40,41)/t16-,17-,22-,26+/m0/s1. The Hall–Kier alpha value is -3.36. The number of esters is 1. The molecule has 1 saturated heterocycles. The highest BCUT2D eigenvalue weighted by Gasteiger charge is 2.73. The number of carbonyl (C=O) groups excluding carboxylic acids is 2. The summed E-state index contributed by atoms with van der Waals surface area (Å²) in [5.74, 6) is -4.00. The first-order valence-corrected chi connectivity index (χ1v) is 14.2. The lowest BCUT2D eigenvalue weighted by Crippen LogP contribution is -2.50. The van der Waals surface area contributed by atoms with Gasteiger partial charge in [-0.05, 0) is 61.9 Å². The molecule has 2 aromatic rings. The van der Waals surface area contributed by atoms with E-state index in [1.54, 1.807) is 0 Å². The Morgan fingerprint density at radius 1 is 0.864 bits per heavy atom. The second-order valence-electron chi connectivity index (χ2n) is 10.9. The van der Waals surface area contributed by atoms with Gasteiger partial charge >= 0.3 is 30.0 Å². The summed E-state index contributed by atoms with van der Waals surface area (Å²) in [6.07, 6.45) is -11.8. The number of hydrogen-bond acceptors (Lipinski definition) is 5. The Balaban J connectivity index is 1.73. The molecule has 2 aliphatic rings. The topological polar surface area (TPSA) is 83.9 Å². The van der Waals surface area contributed by atoms with E-state index in [0.717, 1.165) is 40.9 Å². The van der Waals surface area contributed by atoms with Crippen LogP contribution >= 0.6 is 11.8 Å². The molecule has 15 heteroatoms. The number of amides is 1. The van der Waals surface area contributed by atoms with Gasteiger partial charge in [0.05, 0.1) is 17.8 Å². The summed E-state index contributed by atoms with van der Waals surface area (Å²) in [6, 6.07) is 5.88. The van der Waals surface area contributed by atoms with Crippen LogP contribution in [0.25, 0.3) is 0 Å². The maximum absolute atomic E-state index is 14.7. The molecule has 1 heterocycles. The average molecular weight is 654 g/mol. The van der Waals surface area contributed by atoms with Gasteiger partial charge in [-0.1, -0.05) is 24.3 Å². The van der Waals surface area contributed by atoms with Crippen molar-refractivity contribution < 1.29 is 59.4 Å². The fraction of sp³-hybridized carbons (Fsp3) is 0.483. The number of likely N-dealkylation sites (tertiary alicyclic amines) is 1. The van der Waals surface area contributed by atoms with E-state index >= 15 is 0 Å². The van der Waals surface area contributed by atoms with Crippen LogP contribution in [-0.2, 0) is 29.5 Å². The maximum Gasteiger partial charge on any atom is 0.435 e. The number of halogens is 8. The van der Waals surface area contributed by atoms with Gasteiger partial charge in [0.1, 0.15) is 11.9 Å². The Kier molecular flexibility index (Phi) is 9.30. The molecule has 2 aromatic carbocycles. The van der Waals surface area contributed by atoms with Crippen LogP contribution in [0.1, 0.15) is 43.2 Å². The SMILES string of the molecule is COC(=O)[C@H]1CC[C@H](C(=O)N2C[C@@](Sc3ccc(F)cc3)(c3ccc(C(F)(C(F)(F)F)C(F)(F)F)cc3)C[C@H]2C(=O)O)CC1. The predicted molar refractivity (Wildman–Crippen MR) is 140 cm³/mol. The Morgan fingerprint density at radius 3 is 1.86 bits per heavy atom. The number of hydrogen-bond donors (Lipinski definition) is 1. The van der Waals surface area contributed by atoms with Crippen molar-refractivity contribution in [2.24, 2.45) is 11.8 Å². The number of alkyl halides is 7. The molecule has 0 aromatic heterocycles. The van der Waals surface area contributed by atoms with Crippen LogP contribution in [0.4, 0.5) is 35.1 Å². The highest BCUT2D eigenvalue weighted by Crippen LogP contribution is 2.55. The van der Waals surface area contributed by atoms with Crippen LogP contribution in [0.3, 0.4) is 0 Å². The van der Waals surface area contributed by atoms with Crippen molar-refractivity contribution in [3.05, 3.63) is 65.5 Å². The molecule has 4 rings (SSSR count). The number of ether oxygens (including phenoxy) is 1. The minimum absolute atomic E-state index is 0.0400. The molecule has 2 fully saturated rings. The minimum Gasteiger partial charge on any atom is -0.480 e.